The van der Waals surface area contributed by atoms with E-state index < -0.39 is 0 Å². The van der Waals surface area contributed by atoms with E-state index in [9.17, 15) is 10.5 Å². The van der Waals surface area contributed by atoms with Crippen LogP contribution in [0.3, 0.4) is 0 Å². The second kappa shape index (κ2) is 14.5. The molecule has 0 saturated heterocycles. The van der Waals surface area contributed by atoms with Crippen molar-refractivity contribution in [2.75, 3.05) is 0 Å². The minimum atomic E-state index is -0.0294. The van der Waals surface area contributed by atoms with Crippen molar-refractivity contribution in [2.45, 2.75) is 52.4 Å². The van der Waals surface area contributed by atoms with Gasteiger partial charge < -0.3 is 9.13 Å². The van der Waals surface area contributed by atoms with Gasteiger partial charge in [-0.3, -0.25) is 0 Å². The number of hydrogen-bond acceptors (Lipinski definition) is 2. The summed E-state index contributed by atoms with van der Waals surface area (Å²) in [6, 6.07) is 65.1. The molecule has 0 N–H and O–H groups in total. The molecule has 2 heterocycles. The van der Waals surface area contributed by atoms with Gasteiger partial charge in [-0.1, -0.05) is 139 Å². The van der Waals surface area contributed by atoms with Gasteiger partial charge in [-0.05, 0) is 128 Å². The zero-order valence-corrected chi connectivity index (χ0v) is 36.0. The number of fused-ring (bicyclic) bond motifs is 6. The van der Waals surface area contributed by atoms with Gasteiger partial charge in [-0.25, -0.2) is 0 Å². The third kappa shape index (κ3) is 6.62. The first-order valence-electron chi connectivity index (χ1n) is 21.3. The third-order valence-electron chi connectivity index (χ3n) is 12.4. The fourth-order valence-electron chi connectivity index (χ4n) is 9.09. The van der Waals surface area contributed by atoms with Crippen molar-refractivity contribution in [1.29, 1.82) is 10.5 Å². The van der Waals surface area contributed by atoms with Crippen LogP contribution in [0, 0.1) is 22.7 Å². The fourth-order valence-corrected chi connectivity index (χ4v) is 9.09. The molecular formula is C58H46N4. The number of rotatable bonds is 5. The first-order valence-corrected chi connectivity index (χ1v) is 21.3. The minimum Gasteiger partial charge on any atom is -0.309 e. The van der Waals surface area contributed by atoms with Crippen LogP contribution in [-0.2, 0) is 10.8 Å². The van der Waals surface area contributed by atoms with Gasteiger partial charge in [0.1, 0.15) is 0 Å². The lowest BCUT2D eigenvalue weighted by Crippen LogP contribution is -2.10. The van der Waals surface area contributed by atoms with E-state index in [1.165, 1.54) is 21.9 Å². The maximum absolute atomic E-state index is 10.6. The van der Waals surface area contributed by atoms with Gasteiger partial charge in [0.05, 0.1) is 45.3 Å². The molecule has 0 atom stereocenters. The Morgan fingerprint density at radius 2 is 0.742 bits per heavy atom. The number of aromatic nitrogens is 2. The SMILES string of the molecule is CC(C)(C)c1ccc2c(c1)c1ccc(-c3ccccc3)cc1n2-c1cc(C#N)cc(-c2cc(C#N)cc(-n3c4ccc(C(C)(C)C)cc4c4ccc(-c5ccccc5)cc43)c2)c1. The smallest absolute Gasteiger partial charge is 0.0992 e. The Kier molecular flexibility index (Phi) is 9.02. The molecule has 0 bridgehead atoms. The van der Waals surface area contributed by atoms with Gasteiger partial charge in [0.15, 0.2) is 0 Å². The Morgan fingerprint density at radius 1 is 0.339 bits per heavy atom. The molecule has 0 saturated carbocycles. The second-order valence-corrected chi connectivity index (χ2v) is 18.6. The first kappa shape index (κ1) is 38.5. The van der Waals surface area contributed by atoms with Crippen LogP contribution >= 0.6 is 0 Å². The average Bonchev–Trinajstić information content (AvgIpc) is 3.80. The van der Waals surface area contributed by atoms with Crippen LogP contribution < -0.4 is 0 Å². The van der Waals surface area contributed by atoms with E-state index in [-0.39, 0.29) is 10.8 Å². The van der Waals surface area contributed by atoms with E-state index >= 15 is 0 Å². The lowest BCUT2D eigenvalue weighted by atomic mass is 9.86. The highest BCUT2D eigenvalue weighted by Gasteiger charge is 2.22. The highest BCUT2D eigenvalue weighted by molar-refractivity contribution is 6.12. The Bertz CT molecular complexity index is 3250. The van der Waals surface area contributed by atoms with E-state index in [0.29, 0.717) is 11.1 Å². The molecule has 0 spiro atoms. The van der Waals surface area contributed by atoms with Gasteiger partial charge in [0, 0.05) is 32.9 Å². The summed E-state index contributed by atoms with van der Waals surface area (Å²) in [5.41, 5.74) is 15.8. The number of hydrogen-bond donors (Lipinski definition) is 0. The lowest BCUT2D eigenvalue weighted by Gasteiger charge is -2.19. The monoisotopic (exact) mass is 798 g/mol. The molecule has 298 valence electrons. The molecule has 0 unspecified atom stereocenters. The number of nitriles is 2. The largest absolute Gasteiger partial charge is 0.309 e. The lowest BCUT2D eigenvalue weighted by molar-refractivity contribution is 0.591. The van der Waals surface area contributed by atoms with Crippen LogP contribution in [0.4, 0.5) is 0 Å². The van der Waals surface area contributed by atoms with Gasteiger partial charge in [0.25, 0.3) is 0 Å². The van der Waals surface area contributed by atoms with E-state index in [2.05, 4.69) is 196 Å². The predicted molar refractivity (Wildman–Crippen MR) is 258 cm³/mol. The van der Waals surface area contributed by atoms with Crippen LogP contribution in [-0.4, -0.2) is 9.13 Å². The zero-order valence-electron chi connectivity index (χ0n) is 36.0. The molecule has 0 amide bonds. The zero-order chi connectivity index (χ0) is 42.9. The van der Waals surface area contributed by atoms with Crippen LogP contribution in [0.25, 0.3) is 88.4 Å². The molecule has 0 fully saturated rings. The molecule has 8 aromatic carbocycles. The topological polar surface area (TPSA) is 57.4 Å². The summed E-state index contributed by atoms with van der Waals surface area (Å²) in [5, 5.41) is 25.8. The quantitative estimate of drug-likeness (QED) is 0.174. The molecule has 4 heteroatoms. The second-order valence-electron chi connectivity index (χ2n) is 18.6. The standard InChI is InChI=1S/C58H46N4/c1-57(2,3)45-19-23-53-51(33-45)49-21-17-41(39-13-9-7-10-14-39)31-55(49)61(53)47-27-37(35-59)25-43(29-47)44-26-38(36-60)28-48(30-44)62-54-24-20-46(58(4,5)6)34-52(54)50-22-18-42(32-56(50)62)40-15-11-8-12-16-40/h7-34H,1-6H3. The molecule has 0 aliphatic heterocycles. The van der Waals surface area contributed by atoms with Crippen molar-refractivity contribution in [1.82, 2.24) is 9.13 Å². The maximum atomic E-state index is 10.6. The molecule has 62 heavy (non-hydrogen) atoms. The molecule has 10 aromatic rings. The number of nitrogens with zero attached hydrogens (tertiary/aromatic N) is 4. The summed E-state index contributed by atoms with van der Waals surface area (Å²) in [6.07, 6.45) is 0. The number of benzene rings is 8. The molecule has 10 rings (SSSR count). The minimum absolute atomic E-state index is 0.0294. The van der Waals surface area contributed by atoms with Crippen molar-refractivity contribution >= 4 is 43.6 Å². The molecule has 0 aliphatic carbocycles. The Hall–Kier alpha value is -7.66. The average molecular weight is 799 g/mol. The Morgan fingerprint density at radius 3 is 1.11 bits per heavy atom. The summed E-state index contributed by atoms with van der Waals surface area (Å²) >= 11 is 0. The van der Waals surface area contributed by atoms with Crippen molar-refractivity contribution in [3.8, 4) is 56.9 Å². The summed E-state index contributed by atoms with van der Waals surface area (Å²) in [5.74, 6) is 0. The molecule has 0 radical (unpaired) electrons. The molecule has 0 aliphatic rings. The summed E-state index contributed by atoms with van der Waals surface area (Å²) < 4.78 is 4.60. The Balaban J connectivity index is 1.21. The third-order valence-corrected chi connectivity index (χ3v) is 12.4. The van der Waals surface area contributed by atoms with E-state index in [1.54, 1.807) is 0 Å². The fraction of sp³-hybridized carbons (Fsp3) is 0.138. The van der Waals surface area contributed by atoms with Crippen molar-refractivity contribution in [3.05, 3.63) is 192 Å². The van der Waals surface area contributed by atoms with Crippen molar-refractivity contribution in [2.24, 2.45) is 0 Å². The predicted octanol–water partition coefficient (Wildman–Crippen LogP) is 15.2. The molecule has 2 aromatic heterocycles. The van der Waals surface area contributed by atoms with Crippen LogP contribution in [0.15, 0.2) is 170 Å². The van der Waals surface area contributed by atoms with Gasteiger partial charge in [0.2, 0.25) is 0 Å². The normalized spacial score (nSPS) is 12.0. The van der Waals surface area contributed by atoms with Crippen LogP contribution in [0.5, 0.6) is 0 Å². The Labute approximate surface area is 363 Å². The summed E-state index contributed by atoms with van der Waals surface area (Å²) in [4.78, 5) is 0. The first-order chi connectivity index (χ1) is 29.9. The van der Waals surface area contributed by atoms with Crippen LogP contribution in [0.2, 0.25) is 0 Å². The molecule has 4 nitrogen and oxygen atoms in total. The van der Waals surface area contributed by atoms with Gasteiger partial charge >= 0.3 is 0 Å². The van der Waals surface area contributed by atoms with E-state index in [0.717, 1.165) is 77.6 Å². The highest BCUT2D eigenvalue weighted by atomic mass is 15.0. The van der Waals surface area contributed by atoms with E-state index in [1.807, 2.05) is 36.4 Å². The van der Waals surface area contributed by atoms with Crippen LogP contribution in [0.1, 0.15) is 63.8 Å². The maximum Gasteiger partial charge on any atom is 0.0992 e. The van der Waals surface area contributed by atoms with E-state index in [4.69, 9.17) is 0 Å². The van der Waals surface area contributed by atoms with Crippen molar-refractivity contribution < 1.29 is 0 Å². The van der Waals surface area contributed by atoms with Gasteiger partial charge in [-0.15, -0.1) is 0 Å². The summed E-state index contributed by atoms with van der Waals surface area (Å²) in [7, 11) is 0. The van der Waals surface area contributed by atoms with Crippen molar-refractivity contribution in [3.63, 3.8) is 0 Å². The summed E-state index contributed by atoms with van der Waals surface area (Å²) in [6.45, 7) is 13.5. The highest BCUT2D eigenvalue weighted by Crippen LogP contribution is 2.41. The molecular weight excluding hydrogens is 753 g/mol. The van der Waals surface area contributed by atoms with Gasteiger partial charge in [-0.2, -0.15) is 10.5 Å².